The number of ether oxygens (including phenoxy) is 5. The number of carbonyl (C=O) groups is 4. The third-order valence-electron chi connectivity index (χ3n) is 16.1. The van der Waals surface area contributed by atoms with Crippen molar-refractivity contribution in [2.45, 2.75) is 351 Å². The number of carboxylic acids is 1. The summed E-state index contributed by atoms with van der Waals surface area (Å²) in [5, 5.41) is 70.4. The Morgan fingerprint density at radius 2 is 0.929 bits per heavy atom. The second-order valence-corrected chi connectivity index (χ2v) is 25.0. The average molecular weight is 1230 g/mol. The van der Waals surface area contributed by atoms with Crippen molar-refractivity contribution in [3.8, 4) is 0 Å². The van der Waals surface area contributed by atoms with Crippen LogP contribution in [0.25, 0.3) is 0 Å². The molecule has 10 N–H and O–H groups in total. The number of unbranched alkanes of at least 4 members (excludes halogenated alkanes) is 30. The maximum absolute atomic E-state index is 14.1. The number of carboxylic acid groups (broad SMARTS) is 1. The van der Waals surface area contributed by atoms with Gasteiger partial charge in [-0.3, -0.25) is 23.7 Å². The molecule has 2 rings (SSSR count). The summed E-state index contributed by atoms with van der Waals surface area (Å²) < 4.78 is 47.4. The first kappa shape index (κ1) is 77.7. The van der Waals surface area contributed by atoms with Gasteiger partial charge in [0.05, 0.1) is 32.2 Å². The largest absolute Gasteiger partial charge is 0.481 e. The molecule has 2 fully saturated rings. The number of phosphoric acid groups is 1. The molecule has 84 heavy (non-hydrogen) atoms. The summed E-state index contributed by atoms with van der Waals surface area (Å²) in [6, 6.07) is -2.93. The number of rotatable bonds is 54. The van der Waals surface area contributed by atoms with Gasteiger partial charge in [-0.1, -0.05) is 213 Å². The lowest BCUT2D eigenvalue weighted by Gasteiger charge is -2.45. The van der Waals surface area contributed by atoms with Crippen molar-refractivity contribution >= 4 is 31.6 Å². The van der Waals surface area contributed by atoms with Crippen molar-refractivity contribution in [1.82, 2.24) is 10.6 Å². The summed E-state index contributed by atoms with van der Waals surface area (Å²) in [4.78, 5) is 71.3. The molecule has 0 aromatic heterocycles. The van der Waals surface area contributed by atoms with E-state index in [0.717, 1.165) is 109 Å². The summed E-state index contributed by atoms with van der Waals surface area (Å²) in [6.45, 7) is 5.14. The Labute approximate surface area is 503 Å². The highest BCUT2D eigenvalue weighted by Crippen LogP contribution is 2.42. The number of nitrogens with one attached hydrogen (secondary N) is 2. The number of carbonyl (C=O) groups excluding carboxylic acids is 3. The standard InChI is InChI=1S/C62H117N2O19P/c1-4-7-10-13-16-19-23-28-33-38-47(66)43-51(67)63-55-58(73)57(72)50(82-61(55)78-42-37-32-27-22-25-30-35-40-53(69)70)46-79-62-56(59(74)60(49(45-65)81-62)83-84(75,76)77)64-52(68)44-48(39-34-29-24-20-17-14-11-8-5-2)80-54(71)41-36-31-26-21-18-15-12-9-6-3/h47-50,55-62,65-66,72-74H,4-46H2,1-3H3,(H,63,67)(H,64,68)(H,69,70)(H2,75,76,77)/t47-,48-,49-,50-,55-,56-,57-,58-,59-,60-,61+,62-/m1/s1. The Morgan fingerprint density at radius 3 is 1.42 bits per heavy atom. The monoisotopic (exact) mass is 1220 g/mol. The van der Waals surface area contributed by atoms with E-state index < -0.39 is 118 Å². The van der Waals surface area contributed by atoms with E-state index in [-0.39, 0.29) is 32.3 Å². The molecule has 2 amide bonds. The number of aliphatic carboxylic acids is 1. The number of amides is 2. The fourth-order valence-corrected chi connectivity index (χ4v) is 11.7. The predicted octanol–water partition coefficient (Wildman–Crippen LogP) is 10.0. The molecule has 0 aromatic carbocycles. The van der Waals surface area contributed by atoms with Crippen LogP contribution >= 0.6 is 7.82 Å². The molecular formula is C62H117N2O19P. The molecule has 0 saturated carbocycles. The molecule has 0 aromatic rings. The van der Waals surface area contributed by atoms with Crippen molar-refractivity contribution in [2.75, 3.05) is 19.8 Å². The molecule has 0 unspecified atom stereocenters. The first-order chi connectivity index (χ1) is 40.4. The molecule has 0 bridgehead atoms. The van der Waals surface area contributed by atoms with Gasteiger partial charge >= 0.3 is 19.8 Å². The lowest BCUT2D eigenvalue weighted by Crippen LogP contribution is -2.67. The van der Waals surface area contributed by atoms with Gasteiger partial charge in [0.25, 0.3) is 0 Å². The summed E-state index contributed by atoms with van der Waals surface area (Å²) in [5.74, 6) is -2.58. The van der Waals surface area contributed by atoms with Gasteiger partial charge in [-0.05, 0) is 38.5 Å². The quantitative estimate of drug-likeness (QED) is 0.0154. The molecule has 2 saturated heterocycles. The van der Waals surface area contributed by atoms with E-state index in [1.807, 2.05) is 0 Å². The topological polar surface area (TPSA) is 327 Å². The molecule has 2 aliphatic heterocycles. The highest BCUT2D eigenvalue weighted by atomic mass is 31.2. The van der Waals surface area contributed by atoms with Crippen LogP contribution in [0, 0.1) is 0 Å². The number of aliphatic hydroxyl groups excluding tert-OH is 5. The van der Waals surface area contributed by atoms with Crippen LogP contribution in [0.4, 0.5) is 0 Å². The van der Waals surface area contributed by atoms with Crippen LogP contribution in [-0.4, -0.2) is 157 Å². The minimum Gasteiger partial charge on any atom is -0.481 e. The van der Waals surface area contributed by atoms with Crippen LogP contribution in [0.3, 0.4) is 0 Å². The summed E-state index contributed by atoms with van der Waals surface area (Å²) in [5.41, 5.74) is 0. The Morgan fingerprint density at radius 1 is 0.512 bits per heavy atom. The zero-order valence-electron chi connectivity index (χ0n) is 51.8. The van der Waals surface area contributed by atoms with Crippen molar-refractivity contribution in [2.24, 2.45) is 0 Å². The second kappa shape index (κ2) is 48.5. The van der Waals surface area contributed by atoms with Gasteiger partial charge in [-0.2, -0.15) is 0 Å². The van der Waals surface area contributed by atoms with E-state index in [9.17, 15) is 59.1 Å². The van der Waals surface area contributed by atoms with Crippen LogP contribution in [0.2, 0.25) is 0 Å². The Hall–Kier alpha value is -2.37. The van der Waals surface area contributed by atoms with Gasteiger partial charge in [-0.15, -0.1) is 0 Å². The molecular weight excluding hydrogens is 1110 g/mol. The van der Waals surface area contributed by atoms with Gasteiger partial charge in [-0.25, -0.2) is 4.57 Å². The third kappa shape index (κ3) is 36.8. The van der Waals surface area contributed by atoms with E-state index in [1.165, 1.54) is 83.5 Å². The molecule has 0 aliphatic carbocycles. The smallest absolute Gasteiger partial charge is 0.470 e. The average Bonchev–Trinajstić information content (AvgIpc) is 2.04. The number of aliphatic hydroxyl groups is 5. The van der Waals surface area contributed by atoms with E-state index in [0.29, 0.717) is 38.5 Å². The molecule has 22 heteroatoms. The third-order valence-corrected chi connectivity index (χ3v) is 16.6. The highest BCUT2D eigenvalue weighted by molar-refractivity contribution is 7.46. The van der Waals surface area contributed by atoms with Crippen molar-refractivity contribution in [3.63, 3.8) is 0 Å². The minimum absolute atomic E-state index is 0.119. The van der Waals surface area contributed by atoms with Crippen LogP contribution in [0.1, 0.15) is 278 Å². The van der Waals surface area contributed by atoms with E-state index in [4.69, 9.17) is 33.3 Å². The zero-order valence-corrected chi connectivity index (χ0v) is 52.7. The van der Waals surface area contributed by atoms with E-state index in [1.54, 1.807) is 0 Å². The Balaban J connectivity index is 2.25. The van der Waals surface area contributed by atoms with Crippen LogP contribution in [0.5, 0.6) is 0 Å². The number of hydrogen-bond donors (Lipinski definition) is 10. The summed E-state index contributed by atoms with van der Waals surface area (Å²) >= 11 is 0. The second-order valence-electron chi connectivity index (χ2n) is 23.8. The maximum Gasteiger partial charge on any atom is 0.470 e. The van der Waals surface area contributed by atoms with Gasteiger partial charge in [0, 0.05) is 19.4 Å². The van der Waals surface area contributed by atoms with Crippen LogP contribution in [0.15, 0.2) is 0 Å². The highest BCUT2D eigenvalue weighted by Gasteiger charge is 2.51. The van der Waals surface area contributed by atoms with E-state index in [2.05, 4.69) is 31.4 Å². The van der Waals surface area contributed by atoms with Gasteiger partial charge in [0.2, 0.25) is 11.8 Å². The van der Waals surface area contributed by atoms with Crippen LogP contribution in [-0.2, 0) is 52.0 Å². The minimum atomic E-state index is -5.33. The summed E-state index contributed by atoms with van der Waals surface area (Å²) in [7, 11) is -5.33. The summed E-state index contributed by atoms with van der Waals surface area (Å²) in [6.07, 6.45) is 19.7. The lowest BCUT2D eigenvalue weighted by atomic mass is 9.95. The van der Waals surface area contributed by atoms with Crippen molar-refractivity contribution in [1.29, 1.82) is 0 Å². The number of hydrogen-bond acceptors (Lipinski definition) is 16. The van der Waals surface area contributed by atoms with Gasteiger partial charge in [0.1, 0.15) is 54.8 Å². The maximum atomic E-state index is 14.1. The Kier molecular flexibility index (Phi) is 44.9. The lowest BCUT2D eigenvalue weighted by molar-refractivity contribution is -0.302. The number of esters is 1. The molecule has 0 spiro atoms. The molecule has 494 valence electrons. The SMILES string of the molecule is CCCCCCCCCCCC(=O)O[C@H](CCCCCCCCCCC)CC(=O)N[C@H]1[C@H](OC[C@H]2O[C@H](OCCCCCCCCCC(=O)O)[C@H](NC(=O)C[C@H](O)CCCCCCCCCCC)[C@@H](O)[C@@H]2O)O[C@H](CO)[C@@H](OP(=O)(O)O)[C@@H]1O. The first-order valence-corrected chi connectivity index (χ1v) is 34.6. The van der Waals surface area contributed by atoms with E-state index >= 15 is 0 Å². The molecule has 2 heterocycles. The van der Waals surface area contributed by atoms with Crippen LogP contribution < -0.4 is 10.6 Å². The van der Waals surface area contributed by atoms with Gasteiger partial charge in [0.15, 0.2) is 12.6 Å². The fourth-order valence-electron chi connectivity index (χ4n) is 11.1. The van der Waals surface area contributed by atoms with Crippen molar-refractivity contribution < 1.29 is 92.4 Å². The predicted molar refractivity (Wildman–Crippen MR) is 320 cm³/mol. The van der Waals surface area contributed by atoms with Crippen molar-refractivity contribution in [3.05, 3.63) is 0 Å². The molecule has 2 aliphatic rings. The zero-order chi connectivity index (χ0) is 61.8. The normalized spacial score (nSPS) is 23.5. The Bertz CT molecular complexity index is 1730. The number of phosphoric ester groups is 1. The molecule has 12 atom stereocenters. The molecule has 21 nitrogen and oxygen atoms in total. The fraction of sp³-hybridized carbons (Fsp3) is 0.935. The molecule has 0 radical (unpaired) electrons. The van der Waals surface area contributed by atoms with Gasteiger partial charge < -0.3 is 74.7 Å². The first-order valence-electron chi connectivity index (χ1n) is 33.1.